The van der Waals surface area contributed by atoms with Crippen molar-refractivity contribution in [2.45, 2.75) is 25.3 Å². The Morgan fingerprint density at radius 2 is 1.29 bits per heavy atom. The normalized spacial score (nSPS) is 12.3. The van der Waals surface area contributed by atoms with Crippen molar-refractivity contribution in [2.75, 3.05) is 6.54 Å². The van der Waals surface area contributed by atoms with Gasteiger partial charge in [0.2, 0.25) is 5.75 Å². The molecule has 0 aliphatic heterocycles. The summed E-state index contributed by atoms with van der Waals surface area (Å²) in [4.78, 5) is 0. The van der Waals surface area contributed by atoms with E-state index in [2.05, 4.69) is 9.47 Å². The minimum absolute atomic E-state index is 0. The third-order valence-electron chi connectivity index (χ3n) is 6.62. The van der Waals surface area contributed by atoms with Crippen LogP contribution >= 0.6 is 13.5 Å². The molecule has 1 unspecified atom stereocenters. The Balaban J connectivity index is 0.00000552. The summed E-state index contributed by atoms with van der Waals surface area (Å²) in [5.41, 5.74) is 5.04. The molecule has 0 aliphatic carbocycles. The van der Waals surface area contributed by atoms with Crippen LogP contribution in [0.5, 0.6) is 11.5 Å². The Hall–Kier alpha value is -4.17. The fourth-order valence-electron chi connectivity index (χ4n) is 4.34. The van der Waals surface area contributed by atoms with E-state index in [1.165, 1.54) is 30.5 Å². The van der Waals surface area contributed by atoms with Gasteiger partial charge in [0.15, 0.2) is 11.6 Å². The molecule has 3 N–H and O–H groups in total. The number of aryl methyl sites for hydroxylation is 1. The summed E-state index contributed by atoms with van der Waals surface area (Å²) in [5.74, 6) is -7.88. The lowest BCUT2D eigenvalue weighted by Crippen LogP contribution is -2.21. The molecule has 0 amide bonds. The molecule has 4 rings (SSSR count). The highest BCUT2D eigenvalue weighted by Crippen LogP contribution is 2.37. The summed E-state index contributed by atoms with van der Waals surface area (Å²) in [6.07, 6.45) is -7.06. The first-order chi connectivity index (χ1) is 20.7. The van der Waals surface area contributed by atoms with Crippen molar-refractivity contribution >= 4 is 19.7 Å². The average molecular weight is 661 g/mol. The van der Waals surface area contributed by atoms with Crippen molar-refractivity contribution in [2.24, 2.45) is 11.7 Å². The zero-order chi connectivity index (χ0) is 32.2. The van der Waals surface area contributed by atoms with Crippen molar-refractivity contribution < 1.29 is 49.0 Å². The second-order valence-electron chi connectivity index (χ2n) is 9.67. The molecule has 0 fully saturated rings. The van der Waals surface area contributed by atoms with Gasteiger partial charge in [0.25, 0.3) is 0 Å². The van der Waals surface area contributed by atoms with Crippen LogP contribution in [0.15, 0.2) is 72.8 Å². The van der Waals surface area contributed by atoms with Crippen LogP contribution in [0, 0.1) is 34.6 Å². The van der Waals surface area contributed by atoms with Crippen LogP contribution in [0.3, 0.4) is 0 Å². The summed E-state index contributed by atoms with van der Waals surface area (Å²) in [6.45, 7) is 0.301. The van der Waals surface area contributed by atoms with Gasteiger partial charge in [-0.05, 0) is 78.2 Å². The number of halogens is 9. The van der Waals surface area contributed by atoms with E-state index in [0.717, 1.165) is 24.3 Å². The molecule has 0 spiro atoms. The standard InChI is InChI=1S/C31H23F9N2O2.H2S/c32-25-11-17(1-2-18(15-41)16-42)3-9-23(25)19-4-6-21(7-5-19)30(36,37)43-22-8-10-24(26(33)14-22)20-12-27(34)29(28(35)13-20)44-31(38,39)40;/h3-15,18,41H,1-2,16,42H2;1H2. The lowest BCUT2D eigenvalue weighted by Gasteiger charge is -2.19. The van der Waals surface area contributed by atoms with Gasteiger partial charge < -0.3 is 20.6 Å². The monoisotopic (exact) mass is 660 g/mol. The van der Waals surface area contributed by atoms with Gasteiger partial charge in [-0.1, -0.05) is 24.3 Å². The van der Waals surface area contributed by atoms with Crippen LogP contribution in [0.4, 0.5) is 39.5 Å². The Bertz CT molecular complexity index is 1620. The Morgan fingerprint density at radius 1 is 0.711 bits per heavy atom. The van der Waals surface area contributed by atoms with E-state index in [4.69, 9.17) is 11.1 Å². The number of benzene rings is 4. The molecule has 240 valence electrons. The molecule has 0 saturated carbocycles. The molecule has 0 radical (unpaired) electrons. The van der Waals surface area contributed by atoms with Gasteiger partial charge in [-0.15, -0.1) is 13.2 Å². The van der Waals surface area contributed by atoms with Crippen LogP contribution in [0.2, 0.25) is 0 Å². The fourth-order valence-corrected chi connectivity index (χ4v) is 4.34. The van der Waals surface area contributed by atoms with E-state index in [1.54, 1.807) is 6.07 Å². The minimum atomic E-state index is -5.38. The molecule has 0 aromatic heterocycles. The second-order valence-corrected chi connectivity index (χ2v) is 9.67. The van der Waals surface area contributed by atoms with Crippen LogP contribution in [-0.2, 0) is 12.5 Å². The summed E-state index contributed by atoms with van der Waals surface area (Å²) >= 11 is 0. The summed E-state index contributed by atoms with van der Waals surface area (Å²) in [6, 6.07) is 12.1. The third kappa shape index (κ3) is 8.72. The van der Waals surface area contributed by atoms with E-state index in [1.807, 2.05) is 0 Å². The molecule has 0 saturated heterocycles. The third-order valence-corrected chi connectivity index (χ3v) is 6.62. The molecule has 14 heteroatoms. The Labute approximate surface area is 258 Å². The van der Waals surface area contributed by atoms with Gasteiger partial charge >= 0.3 is 12.5 Å². The van der Waals surface area contributed by atoms with Crippen molar-refractivity contribution in [3.63, 3.8) is 0 Å². The first-order valence-electron chi connectivity index (χ1n) is 12.9. The fraction of sp³-hybridized carbons (Fsp3) is 0.194. The van der Waals surface area contributed by atoms with Gasteiger partial charge in [-0.3, -0.25) is 0 Å². The quantitative estimate of drug-likeness (QED) is 0.125. The van der Waals surface area contributed by atoms with Gasteiger partial charge in [0, 0.05) is 29.7 Å². The molecule has 4 aromatic rings. The molecular formula is C31H25F9N2O2S. The lowest BCUT2D eigenvalue weighted by molar-refractivity contribution is -0.276. The van der Waals surface area contributed by atoms with Crippen LogP contribution in [0.1, 0.15) is 17.5 Å². The summed E-state index contributed by atoms with van der Waals surface area (Å²) in [5, 5.41) is 7.32. The van der Waals surface area contributed by atoms with E-state index in [0.29, 0.717) is 48.7 Å². The molecule has 45 heavy (non-hydrogen) atoms. The number of nitrogens with two attached hydrogens (primary N) is 1. The minimum Gasteiger partial charge on any atom is -0.429 e. The highest BCUT2D eigenvalue weighted by molar-refractivity contribution is 7.59. The van der Waals surface area contributed by atoms with Crippen LogP contribution < -0.4 is 15.2 Å². The molecule has 0 bridgehead atoms. The molecular weight excluding hydrogens is 635 g/mol. The van der Waals surface area contributed by atoms with Crippen molar-refractivity contribution in [3.05, 3.63) is 107 Å². The summed E-state index contributed by atoms with van der Waals surface area (Å²) in [7, 11) is 0. The van der Waals surface area contributed by atoms with E-state index >= 15 is 0 Å². The smallest absolute Gasteiger partial charge is 0.429 e. The first-order valence-corrected chi connectivity index (χ1v) is 12.9. The first kappa shape index (κ1) is 35.3. The number of ether oxygens (including phenoxy) is 2. The maximum Gasteiger partial charge on any atom is 0.573 e. The number of nitrogens with one attached hydrogen (secondary N) is 1. The lowest BCUT2D eigenvalue weighted by atomic mass is 9.97. The van der Waals surface area contributed by atoms with Crippen LogP contribution in [-0.4, -0.2) is 19.1 Å². The maximum absolute atomic E-state index is 14.9. The Morgan fingerprint density at radius 3 is 1.82 bits per heavy atom. The van der Waals surface area contributed by atoms with Crippen molar-refractivity contribution in [3.8, 4) is 33.8 Å². The van der Waals surface area contributed by atoms with Gasteiger partial charge in [0.1, 0.15) is 17.4 Å². The van der Waals surface area contributed by atoms with E-state index < -0.39 is 63.9 Å². The number of rotatable bonds is 11. The SMILES string of the molecule is N=CC(CN)CCc1ccc(-c2ccc(C(F)(F)Oc3ccc(-c4cc(F)c(OC(F)(F)F)c(F)c4)c(F)c3)cc2)c(F)c1.S. The molecule has 4 aromatic carbocycles. The number of hydrogen-bond donors (Lipinski definition) is 2. The van der Waals surface area contributed by atoms with Crippen molar-refractivity contribution in [1.82, 2.24) is 0 Å². The molecule has 0 heterocycles. The predicted molar refractivity (Wildman–Crippen MR) is 155 cm³/mol. The Kier molecular flexibility index (Phi) is 11.2. The zero-order valence-electron chi connectivity index (χ0n) is 23.0. The average Bonchev–Trinajstić information content (AvgIpc) is 2.95. The highest BCUT2D eigenvalue weighted by Gasteiger charge is 2.36. The van der Waals surface area contributed by atoms with E-state index in [9.17, 15) is 39.5 Å². The molecule has 0 aliphatic rings. The van der Waals surface area contributed by atoms with E-state index in [-0.39, 0.29) is 25.0 Å². The van der Waals surface area contributed by atoms with Crippen LogP contribution in [0.25, 0.3) is 22.3 Å². The summed E-state index contributed by atoms with van der Waals surface area (Å²) < 4.78 is 133. The number of hydrogen-bond acceptors (Lipinski definition) is 4. The topological polar surface area (TPSA) is 68.3 Å². The van der Waals surface area contributed by atoms with Gasteiger partial charge in [-0.2, -0.15) is 22.3 Å². The van der Waals surface area contributed by atoms with Crippen molar-refractivity contribution in [1.29, 1.82) is 5.41 Å². The zero-order valence-corrected chi connectivity index (χ0v) is 24.0. The maximum atomic E-state index is 14.9. The van der Waals surface area contributed by atoms with Gasteiger partial charge in [-0.25, -0.2) is 17.6 Å². The highest BCUT2D eigenvalue weighted by atomic mass is 32.1. The largest absolute Gasteiger partial charge is 0.573 e. The van der Waals surface area contributed by atoms with Gasteiger partial charge in [0.05, 0.1) is 5.56 Å². The molecule has 4 nitrogen and oxygen atoms in total. The number of alkyl halides is 5. The predicted octanol–water partition coefficient (Wildman–Crippen LogP) is 8.87. The molecule has 1 atom stereocenters. The second kappa shape index (κ2) is 14.3.